The van der Waals surface area contributed by atoms with Gasteiger partial charge in [0.1, 0.15) is 0 Å². The van der Waals surface area contributed by atoms with Crippen molar-refractivity contribution in [2.75, 3.05) is 13.2 Å². The van der Waals surface area contributed by atoms with Crippen LogP contribution >= 0.6 is 0 Å². The Morgan fingerprint density at radius 3 is 2.46 bits per heavy atom. The van der Waals surface area contributed by atoms with Gasteiger partial charge in [0.05, 0.1) is 13.2 Å². The van der Waals surface area contributed by atoms with Gasteiger partial charge in [-0.2, -0.15) is 0 Å². The minimum absolute atomic E-state index is 0.380. The fourth-order valence-corrected chi connectivity index (χ4v) is 0.782. The van der Waals surface area contributed by atoms with Crippen molar-refractivity contribution in [2.45, 2.75) is 39.6 Å². The van der Waals surface area contributed by atoms with E-state index in [1.165, 1.54) is 0 Å². The summed E-state index contributed by atoms with van der Waals surface area (Å²) >= 11 is 0. The Morgan fingerprint density at radius 2 is 2.00 bits per heavy atom. The first kappa shape index (κ1) is 12.6. The Labute approximate surface area is 80.4 Å². The van der Waals surface area contributed by atoms with Gasteiger partial charge in [-0.1, -0.05) is 26.0 Å². The first-order valence-corrected chi connectivity index (χ1v) is 4.80. The van der Waals surface area contributed by atoms with Crippen LogP contribution in [0.2, 0.25) is 0 Å². The number of hydrogen-bond acceptors (Lipinski definition) is 3. The zero-order valence-corrected chi connectivity index (χ0v) is 8.75. The highest BCUT2D eigenvalue weighted by molar-refractivity contribution is 4.76. The lowest BCUT2D eigenvalue weighted by atomic mass is 10.4. The van der Waals surface area contributed by atoms with Crippen molar-refractivity contribution in [3.05, 3.63) is 12.2 Å². The lowest BCUT2D eigenvalue weighted by molar-refractivity contribution is -0.357. The van der Waals surface area contributed by atoms with Gasteiger partial charge in [0.25, 0.3) is 5.97 Å². The fraction of sp³-hybridized carbons (Fsp3) is 0.800. The summed E-state index contributed by atoms with van der Waals surface area (Å²) in [5, 5.41) is 9.70. The second-order valence-electron chi connectivity index (χ2n) is 2.79. The second kappa shape index (κ2) is 7.06. The Kier molecular flexibility index (Phi) is 6.86. The Hall–Kier alpha value is -0.380. The monoisotopic (exact) mass is 188 g/mol. The molecule has 13 heavy (non-hydrogen) atoms. The van der Waals surface area contributed by atoms with Gasteiger partial charge < -0.3 is 14.6 Å². The smallest absolute Gasteiger partial charge is 0.280 e. The Morgan fingerprint density at radius 1 is 1.31 bits per heavy atom. The molecule has 1 N–H and O–H groups in total. The van der Waals surface area contributed by atoms with Gasteiger partial charge in [-0.15, -0.1) is 0 Å². The van der Waals surface area contributed by atoms with Gasteiger partial charge in [0.15, 0.2) is 0 Å². The van der Waals surface area contributed by atoms with Crippen molar-refractivity contribution >= 4 is 0 Å². The molecule has 3 nitrogen and oxygen atoms in total. The third-order valence-electron chi connectivity index (χ3n) is 1.62. The van der Waals surface area contributed by atoms with Crippen LogP contribution in [0.1, 0.15) is 33.6 Å². The van der Waals surface area contributed by atoms with Crippen molar-refractivity contribution in [3.8, 4) is 0 Å². The molecule has 0 saturated carbocycles. The summed E-state index contributed by atoms with van der Waals surface area (Å²) in [5.74, 6) is -1.41. The third kappa shape index (κ3) is 5.80. The average Bonchev–Trinajstić information content (AvgIpc) is 2.15. The van der Waals surface area contributed by atoms with Crippen LogP contribution in [0.5, 0.6) is 0 Å². The molecule has 0 aliphatic heterocycles. The summed E-state index contributed by atoms with van der Waals surface area (Å²) < 4.78 is 10.3. The molecular weight excluding hydrogens is 168 g/mol. The van der Waals surface area contributed by atoms with E-state index >= 15 is 0 Å². The van der Waals surface area contributed by atoms with Gasteiger partial charge in [-0.05, 0) is 13.3 Å². The van der Waals surface area contributed by atoms with Crippen molar-refractivity contribution < 1.29 is 14.6 Å². The van der Waals surface area contributed by atoms with Crippen LogP contribution in [0, 0.1) is 0 Å². The van der Waals surface area contributed by atoms with E-state index in [2.05, 4.69) is 0 Å². The number of allylic oxidation sites excluding steroid dienone is 1. The molecule has 0 aromatic carbocycles. The Balaban J connectivity index is 3.80. The molecule has 0 rings (SSSR count). The van der Waals surface area contributed by atoms with E-state index < -0.39 is 5.97 Å². The highest BCUT2D eigenvalue weighted by atomic mass is 16.8. The zero-order valence-electron chi connectivity index (χ0n) is 8.75. The van der Waals surface area contributed by atoms with Gasteiger partial charge in [0, 0.05) is 6.42 Å². The van der Waals surface area contributed by atoms with Crippen LogP contribution < -0.4 is 0 Å². The number of rotatable bonds is 7. The standard InChI is InChI=1S/C10H20O3/c1-4-7-9-13-10(11,6-3)12-8-5-2/h4,7,11H,5-6,8-9H2,1-3H3. The van der Waals surface area contributed by atoms with Crippen LogP contribution in [0.15, 0.2) is 12.2 Å². The molecule has 1 atom stereocenters. The van der Waals surface area contributed by atoms with Crippen molar-refractivity contribution in [2.24, 2.45) is 0 Å². The molecule has 0 heterocycles. The lowest BCUT2D eigenvalue weighted by Crippen LogP contribution is -2.35. The first-order chi connectivity index (χ1) is 6.18. The molecule has 0 amide bonds. The molecule has 78 valence electrons. The maximum atomic E-state index is 9.70. The summed E-state index contributed by atoms with van der Waals surface area (Å²) in [4.78, 5) is 0. The van der Waals surface area contributed by atoms with E-state index in [4.69, 9.17) is 9.47 Å². The van der Waals surface area contributed by atoms with E-state index in [1.807, 2.05) is 32.9 Å². The maximum Gasteiger partial charge on any atom is 0.280 e. The summed E-state index contributed by atoms with van der Waals surface area (Å²) in [6.45, 7) is 6.61. The molecule has 0 bridgehead atoms. The lowest BCUT2D eigenvalue weighted by Gasteiger charge is -2.25. The summed E-state index contributed by atoms with van der Waals surface area (Å²) in [6.07, 6.45) is 5.01. The van der Waals surface area contributed by atoms with E-state index in [-0.39, 0.29) is 0 Å². The largest absolute Gasteiger partial charge is 0.343 e. The van der Waals surface area contributed by atoms with E-state index in [0.29, 0.717) is 19.6 Å². The van der Waals surface area contributed by atoms with Gasteiger partial charge in [-0.3, -0.25) is 0 Å². The number of hydrogen-bond donors (Lipinski definition) is 1. The fourth-order valence-electron chi connectivity index (χ4n) is 0.782. The molecule has 0 saturated heterocycles. The molecular formula is C10H20O3. The summed E-state index contributed by atoms with van der Waals surface area (Å²) in [6, 6.07) is 0. The first-order valence-electron chi connectivity index (χ1n) is 4.80. The molecule has 0 radical (unpaired) electrons. The predicted molar refractivity (Wildman–Crippen MR) is 52.2 cm³/mol. The van der Waals surface area contributed by atoms with Crippen LogP contribution in [0.3, 0.4) is 0 Å². The molecule has 3 heteroatoms. The van der Waals surface area contributed by atoms with Gasteiger partial charge >= 0.3 is 0 Å². The maximum absolute atomic E-state index is 9.70. The summed E-state index contributed by atoms with van der Waals surface area (Å²) in [5.41, 5.74) is 0. The molecule has 0 aliphatic rings. The quantitative estimate of drug-likeness (QED) is 0.491. The highest BCUT2D eigenvalue weighted by Crippen LogP contribution is 2.14. The third-order valence-corrected chi connectivity index (χ3v) is 1.62. The average molecular weight is 188 g/mol. The SMILES string of the molecule is CC=CCOC(O)(CC)OCCC. The van der Waals surface area contributed by atoms with E-state index in [1.54, 1.807) is 0 Å². The van der Waals surface area contributed by atoms with Crippen LogP contribution in [-0.2, 0) is 9.47 Å². The van der Waals surface area contributed by atoms with Crippen LogP contribution in [-0.4, -0.2) is 24.3 Å². The minimum Gasteiger partial charge on any atom is -0.343 e. The molecule has 0 aromatic rings. The second-order valence-corrected chi connectivity index (χ2v) is 2.79. The number of aliphatic hydroxyl groups is 1. The molecule has 0 fully saturated rings. The minimum atomic E-state index is -1.41. The number of ether oxygens (including phenoxy) is 2. The van der Waals surface area contributed by atoms with Gasteiger partial charge in [-0.25, -0.2) is 0 Å². The normalized spacial score (nSPS) is 16.3. The zero-order chi connectivity index (χ0) is 10.2. The molecule has 1 unspecified atom stereocenters. The van der Waals surface area contributed by atoms with Crippen LogP contribution in [0.25, 0.3) is 0 Å². The van der Waals surface area contributed by atoms with Crippen molar-refractivity contribution in [1.82, 2.24) is 0 Å². The van der Waals surface area contributed by atoms with E-state index in [9.17, 15) is 5.11 Å². The van der Waals surface area contributed by atoms with E-state index in [0.717, 1.165) is 6.42 Å². The van der Waals surface area contributed by atoms with Crippen molar-refractivity contribution in [1.29, 1.82) is 0 Å². The highest BCUT2D eigenvalue weighted by Gasteiger charge is 2.25. The van der Waals surface area contributed by atoms with Crippen molar-refractivity contribution in [3.63, 3.8) is 0 Å². The topological polar surface area (TPSA) is 38.7 Å². The molecule has 0 spiro atoms. The molecule has 0 aliphatic carbocycles. The Bertz CT molecular complexity index is 145. The predicted octanol–water partition coefficient (Wildman–Crippen LogP) is 2.06. The van der Waals surface area contributed by atoms with Gasteiger partial charge in [0.2, 0.25) is 0 Å². The summed E-state index contributed by atoms with van der Waals surface area (Å²) in [7, 11) is 0. The van der Waals surface area contributed by atoms with Crippen LogP contribution in [0.4, 0.5) is 0 Å². The molecule has 0 aromatic heterocycles.